The van der Waals surface area contributed by atoms with Crippen molar-refractivity contribution in [1.82, 2.24) is 20.1 Å². The molecule has 0 aliphatic carbocycles. The van der Waals surface area contributed by atoms with Gasteiger partial charge in [0.15, 0.2) is 10.9 Å². The summed E-state index contributed by atoms with van der Waals surface area (Å²) in [6.07, 6.45) is -3.66. The van der Waals surface area contributed by atoms with Crippen LogP contribution in [0.25, 0.3) is 11.3 Å². The van der Waals surface area contributed by atoms with E-state index in [2.05, 4.69) is 40.9 Å². The number of benzene rings is 2. The van der Waals surface area contributed by atoms with Crippen LogP contribution in [0.1, 0.15) is 58.2 Å². The lowest BCUT2D eigenvalue weighted by atomic mass is 9.88. The molecule has 0 saturated carbocycles. The van der Waals surface area contributed by atoms with E-state index in [9.17, 15) is 22.8 Å². The summed E-state index contributed by atoms with van der Waals surface area (Å²) in [4.78, 5) is 37.3. The first kappa shape index (κ1) is 37.8. The van der Waals surface area contributed by atoms with Crippen molar-refractivity contribution < 1.29 is 27.2 Å². The van der Waals surface area contributed by atoms with E-state index in [1.807, 2.05) is 31.2 Å². The fraction of sp³-hybridized carbons (Fsp3) is 0.432. The molecular weight excluding hydrogens is 683 g/mol. The van der Waals surface area contributed by atoms with E-state index in [0.717, 1.165) is 60.9 Å². The number of piperazine rings is 1. The Morgan fingerprint density at radius 3 is 2.20 bits per heavy atom. The first-order chi connectivity index (χ1) is 23.8. The van der Waals surface area contributed by atoms with E-state index < -0.39 is 40.3 Å². The molecule has 14 heteroatoms. The van der Waals surface area contributed by atoms with Crippen LogP contribution in [0.15, 0.2) is 54.7 Å². The maximum absolute atomic E-state index is 15.3. The van der Waals surface area contributed by atoms with Crippen LogP contribution < -0.4 is 15.1 Å². The zero-order valence-corrected chi connectivity index (χ0v) is 30.3. The van der Waals surface area contributed by atoms with Gasteiger partial charge in [0, 0.05) is 44.3 Å². The molecule has 270 valence electrons. The van der Waals surface area contributed by atoms with Gasteiger partial charge in [-0.1, -0.05) is 45.0 Å². The van der Waals surface area contributed by atoms with Crippen LogP contribution in [0.5, 0.6) is 0 Å². The molecule has 3 aromatic rings. The standard InChI is InChI=1S/C37H41F4N7O2S/c1-23(35(2,3)4)44-30(49)22-46-17-15-45(16-18-46)21-24-7-9-25(10-8-24)28-13-12-27(20-43-28)48-34(51)47(33(50)36(48,5)6)29-14-11-26(19-42)31(32(29)38)37(39,40)41/h7-14,20,23H,15-18,21-22H2,1-6H3,(H,44,49). The number of pyridine rings is 1. The maximum Gasteiger partial charge on any atom is 0.420 e. The number of nitrogens with one attached hydrogen (secondary N) is 1. The third-order valence-electron chi connectivity index (χ3n) is 9.61. The zero-order valence-electron chi connectivity index (χ0n) is 29.4. The minimum absolute atomic E-state index is 0.00251. The summed E-state index contributed by atoms with van der Waals surface area (Å²) in [6, 6.07) is 14.7. The van der Waals surface area contributed by atoms with E-state index in [1.54, 1.807) is 12.1 Å². The van der Waals surface area contributed by atoms with E-state index in [0.29, 0.717) is 17.9 Å². The second-order valence-corrected chi connectivity index (χ2v) is 14.9. The second kappa shape index (κ2) is 14.3. The number of halogens is 4. The van der Waals surface area contributed by atoms with Gasteiger partial charge < -0.3 is 10.2 Å². The van der Waals surface area contributed by atoms with Crippen LogP contribution in [-0.2, 0) is 22.3 Å². The quantitative estimate of drug-likeness (QED) is 0.212. The zero-order chi connectivity index (χ0) is 37.5. The smallest absolute Gasteiger partial charge is 0.352 e. The molecule has 2 saturated heterocycles. The number of hydrogen-bond donors (Lipinski definition) is 1. The summed E-state index contributed by atoms with van der Waals surface area (Å²) in [6.45, 7) is 15.9. The molecule has 1 unspecified atom stereocenters. The van der Waals surface area contributed by atoms with Crippen molar-refractivity contribution in [2.24, 2.45) is 5.41 Å². The molecule has 1 aromatic heterocycles. The Morgan fingerprint density at radius 2 is 1.65 bits per heavy atom. The highest BCUT2D eigenvalue weighted by Gasteiger charge is 2.52. The van der Waals surface area contributed by atoms with Crippen molar-refractivity contribution in [3.05, 3.63) is 77.2 Å². The van der Waals surface area contributed by atoms with Gasteiger partial charge in [-0.3, -0.25) is 29.3 Å². The molecule has 2 amide bonds. The van der Waals surface area contributed by atoms with Gasteiger partial charge in [0.05, 0.1) is 41.4 Å². The Hall–Kier alpha value is -4.45. The molecule has 0 radical (unpaired) electrons. The molecule has 1 N–H and O–H groups in total. The molecule has 5 rings (SSSR count). The minimum atomic E-state index is -5.16. The molecule has 2 aliphatic rings. The predicted molar refractivity (Wildman–Crippen MR) is 191 cm³/mol. The van der Waals surface area contributed by atoms with Crippen LogP contribution in [0, 0.1) is 22.6 Å². The van der Waals surface area contributed by atoms with Crippen molar-refractivity contribution in [2.75, 3.05) is 42.5 Å². The Morgan fingerprint density at radius 1 is 1.02 bits per heavy atom. The van der Waals surface area contributed by atoms with Crippen molar-refractivity contribution >= 4 is 40.5 Å². The van der Waals surface area contributed by atoms with E-state index in [1.165, 1.54) is 31.0 Å². The molecule has 0 bridgehead atoms. The van der Waals surface area contributed by atoms with Gasteiger partial charge >= 0.3 is 6.18 Å². The number of nitriles is 1. The SMILES string of the molecule is CC(NC(=O)CN1CCN(Cc2ccc(-c3ccc(N4C(=S)N(c5ccc(C#N)c(C(F)(F)F)c5F)C(=O)C4(C)C)cn3)cc2)CC1)C(C)(C)C. The van der Waals surface area contributed by atoms with Crippen LogP contribution >= 0.6 is 12.2 Å². The van der Waals surface area contributed by atoms with Gasteiger partial charge in [0.1, 0.15) is 11.1 Å². The molecular formula is C37H41F4N7O2S. The predicted octanol–water partition coefficient (Wildman–Crippen LogP) is 6.36. The molecule has 2 aliphatic heterocycles. The summed E-state index contributed by atoms with van der Waals surface area (Å²) in [5.74, 6) is -2.44. The average molecular weight is 724 g/mol. The highest BCUT2D eigenvalue weighted by atomic mass is 32.1. The summed E-state index contributed by atoms with van der Waals surface area (Å²) < 4.78 is 56.4. The third-order valence-corrected chi connectivity index (χ3v) is 9.97. The van der Waals surface area contributed by atoms with Gasteiger partial charge in [-0.25, -0.2) is 4.39 Å². The summed E-state index contributed by atoms with van der Waals surface area (Å²) >= 11 is 5.53. The van der Waals surface area contributed by atoms with E-state index in [4.69, 9.17) is 17.5 Å². The van der Waals surface area contributed by atoms with Gasteiger partial charge in [0.25, 0.3) is 5.91 Å². The highest BCUT2D eigenvalue weighted by molar-refractivity contribution is 7.81. The lowest BCUT2D eigenvalue weighted by molar-refractivity contribution is -0.140. The molecule has 2 fully saturated rings. The largest absolute Gasteiger partial charge is 0.420 e. The normalized spacial score (nSPS) is 17.8. The summed E-state index contributed by atoms with van der Waals surface area (Å²) in [5.41, 5.74) is -1.69. The molecule has 2 aromatic carbocycles. The number of aromatic nitrogens is 1. The number of anilines is 2. The first-order valence-electron chi connectivity index (χ1n) is 16.6. The topological polar surface area (TPSA) is 95.8 Å². The first-order valence-corrected chi connectivity index (χ1v) is 17.0. The lowest BCUT2D eigenvalue weighted by Crippen LogP contribution is -2.51. The van der Waals surface area contributed by atoms with Gasteiger partial charge in [-0.05, 0) is 68.2 Å². The number of carbonyl (C=O) groups excluding carboxylic acids is 2. The number of hydrogen-bond acceptors (Lipinski definition) is 7. The van der Waals surface area contributed by atoms with Crippen LogP contribution in [0.4, 0.5) is 28.9 Å². The molecule has 1 atom stereocenters. The number of amides is 2. The van der Waals surface area contributed by atoms with E-state index in [-0.39, 0.29) is 22.5 Å². The number of rotatable bonds is 8. The van der Waals surface area contributed by atoms with Crippen LogP contribution in [-0.4, -0.2) is 76.0 Å². The van der Waals surface area contributed by atoms with Gasteiger partial charge in [0.2, 0.25) is 5.91 Å². The average Bonchev–Trinajstić information content (AvgIpc) is 3.23. The number of nitrogens with zero attached hydrogens (tertiary/aromatic N) is 6. The molecule has 9 nitrogen and oxygen atoms in total. The summed E-state index contributed by atoms with van der Waals surface area (Å²) in [7, 11) is 0. The third kappa shape index (κ3) is 7.90. The minimum Gasteiger partial charge on any atom is -0.352 e. The molecule has 0 spiro atoms. The van der Waals surface area contributed by atoms with Crippen LogP contribution in [0.3, 0.4) is 0 Å². The van der Waals surface area contributed by atoms with Gasteiger partial charge in [-0.2, -0.15) is 18.4 Å². The monoisotopic (exact) mass is 723 g/mol. The van der Waals surface area contributed by atoms with Crippen molar-refractivity contribution in [2.45, 2.75) is 65.8 Å². The fourth-order valence-corrected chi connectivity index (χ4v) is 6.60. The Labute approximate surface area is 300 Å². The number of alkyl halides is 3. The van der Waals surface area contributed by atoms with Crippen molar-refractivity contribution in [3.8, 4) is 17.3 Å². The van der Waals surface area contributed by atoms with Crippen molar-refractivity contribution in [1.29, 1.82) is 5.26 Å². The maximum atomic E-state index is 15.3. The lowest BCUT2D eigenvalue weighted by Gasteiger charge is -2.35. The summed E-state index contributed by atoms with van der Waals surface area (Å²) in [5, 5.41) is 12.0. The molecule has 51 heavy (non-hydrogen) atoms. The van der Waals surface area contributed by atoms with Gasteiger partial charge in [-0.15, -0.1) is 0 Å². The highest BCUT2D eigenvalue weighted by Crippen LogP contribution is 2.42. The molecule has 3 heterocycles. The Bertz CT molecular complexity index is 1840. The number of thiocarbonyl (C=S) groups is 1. The van der Waals surface area contributed by atoms with Crippen LogP contribution in [0.2, 0.25) is 0 Å². The Balaban J connectivity index is 1.23. The van der Waals surface area contributed by atoms with Crippen molar-refractivity contribution in [3.63, 3.8) is 0 Å². The number of carbonyl (C=O) groups is 2. The van der Waals surface area contributed by atoms with E-state index >= 15 is 4.39 Å². The second-order valence-electron chi connectivity index (χ2n) is 14.6. The Kier molecular flexibility index (Phi) is 10.6. The fourth-order valence-electron chi connectivity index (χ4n) is 6.09.